The predicted octanol–water partition coefficient (Wildman–Crippen LogP) is 13.5. The highest BCUT2D eigenvalue weighted by atomic mass is 17.2. The van der Waals surface area contributed by atoms with Crippen LogP contribution in [0.25, 0.3) is 23.3 Å². The Bertz CT molecular complexity index is 3200. The minimum atomic E-state index is -0.678. The molecule has 0 saturated heterocycles. The first-order valence-corrected chi connectivity index (χ1v) is 30.4. The molecule has 0 aliphatic carbocycles. The van der Waals surface area contributed by atoms with Gasteiger partial charge in [-0.3, -0.25) is 0 Å². The zero-order valence-corrected chi connectivity index (χ0v) is 52.9. The maximum Gasteiger partial charge on any atom is 0.336 e. The second kappa shape index (κ2) is 48.4. The fraction of sp³-hybridized carbons (Fsp3) is 0.333. The summed E-state index contributed by atoms with van der Waals surface area (Å²) in [5, 5.41) is 0. The van der Waals surface area contributed by atoms with E-state index < -0.39 is 29.8 Å². The minimum absolute atomic E-state index is 0.168. The maximum atomic E-state index is 13.4. The predicted molar refractivity (Wildman–Crippen MR) is 348 cm³/mol. The van der Waals surface area contributed by atoms with Gasteiger partial charge < -0.3 is 66.8 Å². The van der Waals surface area contributed by atoms with E-state index in [0.29, 0.717) is 130 Å². The summed E-state index contributed by atoms with van der Waals surface area (Å²) in [6.45, 7) is 23.3. The molecule has 0 fully saturated rings. The number of ether oxygens (including phenoxy) is 11. The molecule has 0 spiro atoms. The Balaban J connectivity index is 1.48. The summed E-state index contributed by atoms with van der Waals surface area (Å²) >= 11 is 0. The summed E-state index contributed by atoms with van der Waals surface area (Å²) < 4.78 is 64.4. The minimum Gasteiger partial charge on any atom is -0.490 e. The van der Waals surface area contributed by atoms with Crippen LogP contribution in [0, 0.1) is 0 Å². The third-order valence-corrected chi connectivity index (χ3v) is 12.3. The number of unbranched alkanes of at least 4 members (excludes halogenated alkanes) is 6. The summed E-state index contributed by atoms with van der Waals surface area (Å²) in [7, 11) is 0. The second-order valence-corrected chi connectivity index (χ2v) is 19.3. The molecule has 4 aromatic rings. The van der Waals surface area contributed by atoms with Crippen LogP contribution in [0.5, 0.6) is 46.0 Å². The summed E-state index contributed by atoms with van der Waals surface area (Å²) in [6.07, 6.45) is 19.1. The zero-order valence-electron chi connectivity index (χ0n) is 52.9. The Hall–Kier alpha value is -10.4. The van der Waals surface area contributed by atoms with Crippen LogP contribution in [0.1, 0.15) is 88.2 Å². The van der Waals surface area contributed by atoms with Crippen molar-refractivity contribution in [3.63, 3.8) is 0 Å². The van der Waals surface area contributed by atoms with Crippen molar-refractivity contribution in [2.45, 2.75) is 77.0 Å². The SMILES string of the molecule is C=C=COOCCCCOc1ccc(/C=C/C(=O)Oc2ccc(-c3ccc(OC(=O)/C=C/c4ccc(OCCCCOC(=O)C=C)c(OCCCCOC(=O)C=C)c4OCCCCOOC=C=C)cc3)cc2)c(OCCCCOC(=O)C=C)c1OCCCCOOC=C=C. The van der Waals surface area contributed by atoms with E-state index in [-0.39, 0.29) is 83.3 Å². The van der Waals surface area contributed by atoms with Gasteiger partial charge in [-0.05, 0) is 149 Å². The van der Waals surface area contributed by atoms with Gasteiger partial charge in [0.15, 0.2) is 41.8 Å². The lowest BCUT2D eigenvalue weighted by Crippen LogP contribution is -2.09. The highest BCUT2D eigenvalue weighted by molar-refractivity contribution is 5.91. The molecular formula is C72H82O22. The van der Waals surface area contributed by atoms with Crippen molar-refractivity contribution in [3.8, 4) is 57.1 Å². The number of rotatable bonds is 52. The monoisotopic (exact) mass is 1300 g/mol. The Morgan fingerprint density at radius 3 is 0.926 bits per heavy atom. The average molecular weight is 1300 g/mol. The van der Waals surface area contributed by atoms with E-state index in [4.69, 9.17) is 81.4 Å². The topological polar surface area (TPSA) is 242 Å². The van der Waals surface area contributed by atoms with E-state index in [1.165, 1.54) is 30.9 Å². The van der Waals surface area contributed by atoms with Crippen LogP contribution in [0.3, 0.4) is 0 Å². The molecule has 22 heteroatoms. The number of benzene rings is 4. The van der Waals surface area contributed by atoms with Gasteiger partial charge in [0.05, 0.1) is 79.3 Å². The van der Waals surface area contributed by atoms with Crippen molar-refractivity contribution in [1.29, 1.82) is 0 Å². The standard InChI is InChI=1S/C72H82O22/c1-7-41-87-90-53-22-19-45-79-63-38-30-58(69(83-49-17-15-47-81-65(74)11-5)72(63)86-52-21-24-55-92-89-43-9-3)31-39-67(76)93-60-33-25-56(26-34-60)57-27-35-61(36-28-57)94-68(77)40-32-59-29-37-62(78-44-13-14-46-80-64(73)10-4)71(85-51-18-16-48-82-66(75)12-6)70(59)84-50-20-23-54-91-88-42-8-2/h10-12,25-43H,1-6,13-24,44-55H2/b39-31+,40-32+. The van der Waals surface area contributed by atoms with Crippen molar-refractivity contribution in [3.05, 3.63) is 190 Å². The van der Waals surface area contributed by atoms with Crippen molar-refractivity contribution in [2.75, 3.05) is 79.3 Å². The molecule has 0 aromatic heterocycles. The Morgan fingerprint density at radius 2 is 0.617 bits per heavy atom. The van der Waals surface area contributed by atoms with Crippen LogP contribution in [-0.4, -0.2) is 109 Å². The van der Waals surface area contributed by atoms with Gasteiger partial charge in [0.2, 0.25) is 11.5 Å². The molecule has 0 radical (unpaired) electrons. The van der Waals surface area contributed by atoms with Crippen molar-refractivity contribution in [1.82, 2.24) is 0 Å². The molecule has 0 N–H and O–H groups in total. The third kappa shape index (κ3) is 32.0. The Morgan fingerprint density at radius 1 is 0.330 bits per heavy atom. The quantitative estimate of drug-likeness (QED) is 0.00459. The summed E-state index contributed by atoms with van der Waals surface area (Å²) in [4.78, 5) is 91.3. The van der Waals surface area contributed by atoms with Gasteiger partial charge in [-0.25, -0.2) is 24.0 Å². The van der Waals surface area contributed by atoms with Gasteiger partial charge in [0.25, 0.3) is 0 Å². The van der Waals surface area contributed by atoms with E-state index in [0.717, 1.165) is 29.4 Å². The molecule has 0 heterocycles. The molecular weight excluding hydrogens is 1220 g/mol. The van der Waals surface area contributed by atoms with Crippen molar-refractivity contribution in [2.24, 2.45) is 0 Å². The van der Waals surface area contributed by atoms with Gasteiger partial charge in [0, 0.05) is 41.5 Å². The number of hydrogen-bond acceptors (Lipinski definition) is 22. The van der Waals surface area contributed by atoms with Crippen LogP contribution < -0.4 is 37.9 Å². The van der Waals surface area contributed by atoms with E-state index in [2.05, 4.69) is 56.7 Å². The fourth-order valence-corrected chi connectivity index (χ4v) is 7.73. The largest absolute Gasteiger partial charge is 0.490 e. The molecule has 0 unspecified atom stereocenters. The van der Waals surface area contributed by atoms with Gasteiger partial charge >= 0.3 is 29.8 Å². The molecule has 0 saturated carbocycles. The first-order chi connectivity index (χ1) is 46.0. The lowest BCUT2D eigenvalue weighted by molar-refractivity contribution is -0.249. The van der Waals surface area contributed by atoms with E-state index in [9.17, 15) is 24.0 Å². The number of esters is 5. The second-order valence-electron chi connectivity index (χ2n) is 19.3. The van der Waals surface area contributed by atoms with Crippen LogP contribution in [0.4, 0.5) is 0 Å². The highest BCUT2D eigenvalue weighted by Gasteiger charge is 2.20. The first kappa shape index (κ1) is 76.0. The number of carbonyl (C=O) groups is 5. The molecule has 22 nitrogen and oxygen atoms in total. The highest BCUT2D eigenvalue weighted by Crippen LogP contribution is 2.43. The van der Waals surface area contributed by atoms with Crippen LogP contribution in [-0.2, 0) is 67.5 Å². The molecule has 4 aromatic carbocycles. The van der Waals surface area contributed by atoms with E-state index >= 15 is 0 Å². The zero-order chi connectivity index (χ0) is 67.5. The third-order valence-electron chi connectivity index (χ3n) is 12.3. The van der Waals surface area contributed by atoms with Crippen molar-refractivity contribution < 1.29 is 105 Å². The summed E-state index contributed by atoms with van der Waals surface area (Å²) in [5.74, 6) is -0.377. The first-order valence-electron chi connectivity index (χ1n) is 30.4. The lowest BCUT2D eigenvalue weighted by Gasteiger charge is -2.19. The van der Waals surface area contributed by atoms with Gasteiger partial charge in [-0.1, -0.05) is 80.9 Å². The molecule has 0 aliphatic rings. The Kier molecular flexibility index (Phi) is 39.1. The Labute approximate surface area is 548 Å². The van der Waals surface area contributed by atoms with Crippen LogP contribution in [0.2, 0.25) is 0 Å². The van der Waals surface area contributed by atoms with Gasteiger partial charge in [-0.15, -0.1) is 0 Å². The fourth-order valence-electron chi connectivity index (χ4n) is 7.73. The average Bonchev–Trinajstić information content (AvgIpc) is 1.02. The van der Waals surface area contributed by atoms with Crippen molar-refractivity contribution >= 4 is 42.0 Å². The summed E-state index contributed by atoms with van der Waals surface area (Å²) in [5.41, 5.74) is 9.92. The van der Waals surface area contributed by atoms with Crippen LogP contribution in [0.15, 0.2) is 179 Å². The van der Waals surface area contributed by atoms with E-state index in [1.54, 1.807) is 84.9 Å². The number of carbonyl (C=O) groups excluding carboxylic acids is 5. The van der Waals surface area contributed by atoms with E-state index in [1.807, 2.05) is 0 Å². The molecule has 0 bridgehead atoms. The normalized spacial score (nSPS) is 10.5. The van der Waals surface area contributed by atoms with Crippen LogP contribution >= 0.6 is 0 Å². The molecule has 0 atom stereocenters. The molecule has 94 heavy (non-hydrogen) atoms. The molecule has 502 valence electrons. The molecule has 0 aliphatic heterocycles. The summed E-state index contributed by atoms with van der Waals surface area (Å²) in [6, 6.07) is 20.6. The smallest absolute Gasteiger partial charge is 0.336 e. The lowest BCUT2D eigenvalue weighted by atomic mass is 10.1. The van der Waals surface area contributed by atoms with Gasteiger partial charge in [-0.2, -0.15) is 14.7 Å². The number of hydrogen-bond donors (Lipinski definition) is 0. The van der Waals surface area contributed by atoms with Gasteiger partial charge in [0.1, 0.15) is 11.5 Å². The molecule has 4 rings (SSSR count). The maximum absolute atomic E-state index is 13.4. The molecule has 0 amide bonds.